The molecule has 0 atom stereocenters. The van der Waals surface area contributed by atoms with E-state index in [1.165, 1.54) is 11.1 Å². The smallest absolute Gasteiger partial charge is 0.0594 e. The largest absolute Gasteiger partial charge is 0.379 e. The molecule has 2 nitrogen and oxygen atoms in total. The number of allylic oxidation sites excluding steroid dienone is 4. The average molecular weight is 221 g/mol. The molecule has 2 heteroatoms. The van der Waals surface area contributed by atoms with E-state index in [1.807, 2.05) is 0 Å². The predicted octanol–water partition coefficient (Wildman–Crippen LogP) is 2.79. The summed E-state index contributed by atoms with van der Waals surface area (Å²) in [6.45, 7) is 11.2. The standard InChI is InChI=1S/C14H23NO/c1-4-14(7-5-6-13(2)3)12-15-8-10-16-11-9-15/h4-7H,8-12H2,1-3H3/b7-5-,14-4+. The van der Waals surface area contributed by atoms with E-state index in [-0.39, 0.29) is 0 Å². The summed E-state index contributed by atoms with van der Waals surface area (Å²) in [4.78, 5) is 2.44. The average Bonchev–Trinajstić information content (AvgIpc) is 2.28. The van der Waals surface area contributed by atoms with Crippen molar-refractivity contribution in [1.82, 2.24) is 4.90 Å². The first kappa shape index (κ1) is 13.2. The Bertz CT molecular complexity index is 279. The Balaban J connectivity index is 2.42. The van der Waals surface area contributed by atoms with E-state index in [0.717, 1.165) is 32.8 Å². The molecule has 0 N–H and O–H groups in total. The van der Waals surface area contributed by atoms with Crippen molar-refractivity contribution in [2.75, 3.05) is 32.8 Å². The lowest BCUT2D eigenvalue weighted by Gasteiger charge is -2.26. The van der Waals surface area contributed by atoms with Crippen molar-refractivity contribution in [3.05, 3.63) is 35.5 Å². The zero-order chi connectivity index (χ0) is 11.8. The molecule has 1 fully saturated rings. The van der Waals surface area contributed by atoms with Gasteiger partial charge in [0.15, 0.2) is 0 Å². The molecule has 1 saturated heterocycles. The highest BCUT2D eigenvalue weighted by Crippen LogP contribution is 2.05. The molecule has 90 valence electrons. The summed E-state index contributed by atoms with van der Waals surface area (Å²) in [6, 6.07) is 0. The third-order valence-electron chi connectivity index (χ3n) is 2.62. The molecule has 1 rings (SSSR count). The van der Waals surface area contributed by atoms with Crippen molar-refractivity contribution in [2.45, 2.75) is 20.8 Å². The minimum atomic E-state index is 0.870. The van der Waals surface area contributed by atoms with Gasteiger partial charge in [0, 0.05) is 19.6 Å². The SMILES string of the molecule is C/C=C(\C=C/C=C(C)C)CN1CCOCC1. The fourth-order valence-electron chi connectivity index (χ4n) is 1.62. The van der Waals surface area contributed by atoms with Crippen LogP contribution < -0.4 is 0 Å². The quantitative estimate of drug-likeness (QED) is 0.677. The van der Waals surface area contributed by atoms with Crippen LogP contribution in [0.5, 0.6) is 0 Å². The second-order valence-corrected chi connectivity index (χ2v) is 4.36. The molecule has 1 heterocycles. The van der Waals surface area contributed by atoms with Gasteiger partial charge in [0.1, 0.15) is 0 Å². The molecule has 1 aliphatic rings. The summed E-state index contributed by atoms with van der Waals surface area (Å²) < 4.78 is 5.34. The third-order valence-corrected chi connectivity index (χ3v) is 2.62. The molecule has 0 aliphatic carbocycles. The van der Waals surface area contributed by atoms with E-state index in [1.54, 1.807) is 0 Å². The maximum absolute atomic E-state index is 5.34. The van der Waals surface area contributed by atoms with Gasteiger partial charge in [0.2, 0.25) is 0 Å². The monoisotopic (exact) mass is 221 g/mol. The van der Waals surface area contributed by atoms with E-state index in [4.69, 9.17) is 4.74 Å². The third kappa shape index (κ3) is 5.29. The molecule has 0 aromatic carbocycles. The van der Waals surface area contributed by atoms with Gasteiger partial charge in [0.25, 0.3) is 0 Å². The lowest BCUT2D eigenvalue weighted by Crippen LogP contribution is -2.37. The van der Waals surface area contributed by atoms with E-state index in [0.29, 0.717) is 0 Å². The predicted molar refractivity (Wildman–Crippen MR) is 69.6 cm³/mol. The van der Waals surface area contributed by atoms with Gasteiger partial charge in [0.05, 0.1) is 13.2 Å². The summed E-state index contributed by atoms with van der Waals surface area (Å²) in [5.41, 5.74) is 2.71. The fourth-order valence-corrected chi connectivity index (χ4v) is 1.62. The van der Waals surface area contributed by atoms with Gasteiger partial charge in [-0.25, -0.2) is 0 Å². The Labute approximate surface area is 99.3 Å². The maximum atomic E-state index is 5.34. The number of rotatable bonds is 4. The van der Waals surface area contributed by atoms with Gasteiger partial charge in [-0.05, 0) is 26.3 Å². The molecule has 0 aromatic rings. The number of hydrogen-bond donors (Lipinski definition) is 0. The van der Waals surface area contributed by atoms with Gasteiger partial charge < -0.3 is 4.74 Å². The number of nitrogens with zero attached hydrogens (tertiary/aromatic N) is 1. The Morgan fingerprint density at radius 3 is 2.50 bits per heavy atom. The molecular weight excluding hydrogens is 198 g/mol. The zero-order valence-electron chi connectivity index (χ0n) is 10.7. The van der Waals surface area contributed by atoms with Crippen molar-refractivity contribution < 1.29 is 4.74 Å². The van der Waals surface area contributed by atoms with Crippen LogP contribution in [0.25, 0.3) is 0 Å². The zero-order valence-corrected chi connectivity index (χ0v) is 10.7. The molecule has 0 spiro atoms. The Morgan fingerprint density at radius 1 is 1.25 bits per heavy atom. The Morgan fingerprint density at radius 2 is 1.94 bits per heavy atom. The molecule has 1 aliphatic heterocycles. The summed E-state index contributed by atoms with van der Waals surface area (Å²) in [7, 11) is 0. The summed E-state index contributed by atoms with van der Waals surface area (Å²) in [6.07, 6.45) is 8.65. The van der Waals surface area contributed by atoms with Crippen molar-refractivity contribution >= 4 is 0 Å². The molecule has 0 radical (unpaired) electrons. The van der Waals surface area contributed by atoms with E-state index >= 15 is 0 Å². The first-order valence-electron chi connectivity index (χ1n) is 5.99. The van der Waals surface area contributed by atoms with Crippen LogP contribution in [0.2, 0.25) is 0 Å². The van der Waals surface area contributed by atoms with Crippen molar-refractivity contribution in [3.63, 3.8) is 0 Å². The summed E-state index contributed by atoms with van der Waals surface area (Å²) in [5, 5.41) is 0. The molecule has 16 heavy (non-hydrogen) atoms. The van der Waals surface area contributed by atoms with Crippen LogP contribution in [0, 0.1) is 0 Å². The van der Waals surface area contributed by atoms with Crippen molar-refractivity contribution in [1.29, 1.82) is 0 Å². The van der Waals surface area contributed by atoms with Crippen LogP contribution in [0.4, 0.5) is 0 Å². The molecule has 0 saturated carbocycles. The van der Waals surface area contributed by atoms with Crippen LogP contribution in [0.15, 0.2) is 35.5 Å². The molecule has 0 bridgehead atoms. The highest BCUT2D eigenvalue weighted by atomic mass is 16.5. The van der Waals surface area contributed by atoms with Gasteiger partial charge >= 0.3 is 0 Å². The van der Waals surface area contributed by atoms with Crippen molar-refractivity contribution in [2.24, 2.45) is 0 Å². The van der Waals surface area contributed by atoms with Crippen LogP contribution in [0.3, 0.4) is 0 Å². The first-order chi connectivity index (χ1) is 7.72. The fraction of sp³-hybridized carbons (Fsp3) is 0.571. The van der Waals surface area contributed by atoms with Gasteiger partial charge in [-0.1, -0.05) is 29.9 Å². The minimum Gasteiger partial charge on any atom is -0.379 e. The maximum Gasteiger partial charge on any atom is 0.0594 e. The number of hydrogen-bond acceptors (Lipinski definition) is 2. The highest BCUT2D eigenvalue weighted by molar-refractivity contribution is 5.24. The normalized spacial score (nSPS) is 19.1. The first-order valence-corrected chi connectivity index (χ1v) is 5.99. The second-order valence-electron chi connectivity index (χ2n) is 4.36. The molecule has 0 amide bonds. The van der Waals surface area contributed by atoms with Gasteiger partial charge in [-0.3, -0.25) is 4.90 Å². The molecule has 0 unspecified atom stereocenters. The van der Waals surface area contributed by atoms with Gasteiger partial charge in [-0.15, -0.1) is 0 Å². The summed E-state index contributed by atoms with van der Waals surface area (Å²) >= 11 is 0. The van der Waals surface area contributed by atoms with E-state index in [9.17, 15) is 0 Å². The van der Waals surface area contributed by atoms with Gasteiger partial charge in [-0.2, -0.15) is 0 Å². The summed E-state index contributed by atoms with van der Waals surface area (Å²) in [5.74, 6) is 0. The Hall–Kier alpha value is -0.860. The van der Waals surface area contributed by atoms with Crippen LogP contribution >= 0.6 is 0 Å². The Kier molecular flexibility index (Phi) is 6.12. The van der Waals surface area contributed by atoms with E-state index in [2.05, 4.69) is 50.0 Å². The molecular formula is C14H23NO. The van der Waals surface area contributed by atoms with Crippen LogP contribution in [-0.4, -0.2) is 37.7 Å². The van der Waals surface area contributed by atoms with Crippen molar-refractivity contribution in [3.8, 4) is 0 Å². The minimum absolute atomic E-state index is 0.870. The van der Waals surface area contributed by atoms with Crippen LogP contribution in [0.1, 0.15) is 20.8 Å². The van der Waals surface area contributed by atoms with E-state index < -0.39 is 0 Å². The highest BCUT2D eigenvalue weighted by Gasteiger charge is 2.10. The lowest BCUT2D eigenvalue weighted by molar-refractivity contribution is 0.0426. The molecule has 0 aromatic heterocycles. The van der Waals surface area contributed by atoms with Crippen LogP contribution in [-0.2, 0) is 4.74 Å². The number of morpholine rings is 1. The topological polar surface area (TPSA) is 12.5 Å². The second kappa shape index (κ2) is 7.42. The lowest BCUT2D eigenvalue weighted by atomic mass is 10.2. The number of ether oxygens (including phenoxy) is 1.